The number of hydrogen-bond acceptors (Lipinski definition) is 2. The molecule has 22 heavy (non-hydrogen) atoms. The van der Waals surface area contributed by atoms with E-state index in [9.17, 15) is 0 Å². The van der Waals surface area contributed by atoms with Gasteiger partial charge in [-0.3, -0.25) is 0 Å². The molecule has 112 valence electrons. The van der Waals surface area contributed by atoms with Crippen LogP contribution in [0.3, 0.4) is 0 Å². The van der Waals surface area contributed by atoms with Crippen molar-refractivity contribution in [2.75, 3.05) is 0 Å². The summed E-state index contributed by atoms with van der Waals surface area (Å²) in [6, 6.07) is 12.4. The van der Waals surface area contributed by atoms with Gasteiger partial charge in [0.1, 0.15) is 10.8 Å². The summed E-state index contributed by atoms with van der Waals surface area (Å²) in [5, 5.41) is 0. The van der Waals surface area contributed by atoms with Crippen molar-refractivity contribution in [1.82, 2.24) is 9.55 Å². The van der Waals surface area contributed by atoms with Crippen molar-refractivity contribution < 1.29 is 0 Å². The summed E-state index contributed by atoms with van der Waals surface area (Å²) in [7, 11) is 0. The number of fused-ring (bicyclic) bond motifs is 1. The van der Waals surface area contributed by atoms with E-state index in [1.165, 1.54) is 11.1 Å². The van der Waals surface area contributed by atoms with Crippen LogP contribution in [-0.4, -0.2) is 14.5 Å². The Balaban J connectivity index is 2.14. The molecule has 0 atom stereocenters. The Morgan fingerprint density at radius 1 is 1.14 bits per heavy atom. The van der Waals surface area contributed by atoms with Crippen molar-refractivity contribution in [2.45, 2.75) is 27.3 Å². The Bertz CT molecular complexity index is 877. The van der Waals surface area contributed by atoms with Crippen molar-refractivity contribution in [1.29, 1.82) is 0 Å². The molecule has 3 rings (SSSR count). The van der Waals surface area contributed by atoms with E-state index in [4.69, 9.17) is 18.0 Å². The maximum Gasteiger partial charge on any atom is 0.107 e. The van der Waals surface area contributed by atoms with E-state index in [0.29, 0.717) is 4.99 Å². The van der Waals surface area contributed by atoms with Crippen LogP contribution < -0.4 is 5.73 Å². The minimum absolute atomic E-state index is 0.435. The quantitative estimate of drug-likeness (QED) is 0.751. The third kappa shape index (κ3) is 2.50. The first-order valence-corrected chi connectivity index (χ1v) is 7.70. The second-order valence-corrected chi connectivity index (χ2v) is 6.13. The van der Waals surface area contributed by atoms with Gasteiger partial charge in [-0.1, -0.05) is 36.5 Å². The number of hydrogen-bond donors (Lipinski definition) is 1. The Hall–Kier alpha value is -2.20. The van der Waals surface area contributed by atoms with Crippen LogP contribution in [-0.2, 0) is 6.54 Å². The molecule has 0 bridgehead atoms. The van der Waals surface area contributed by atoms with Crippen LogP contribution in [0.1, 0.15) is 28.1 Å². The molecular formula is C18H19N3S. The molecule has 1 heterocycles. The van der Waals surface area contributed by atoms with E-state index >= 15 is 0 Å². The highest BCUT2D eigenvalue weighted by Gasteiger charge is 2.12. The van der Waals surface area contributed by atoms with E-state index in [2.05, 4.69) is 41.6 Å². The van der Waals surface area contributed by atoms with Crippen molar-refractivity contribution in [3.8, 4) is 0 Å². The SMILES string of the molecule is Cc1cc2nc(C)n(Cc3ccccc3C(N)=S)c2cc1C. The topological polar surface area (TPSA) is 43.8 Å². The Kier molecular flexibility index (Phi) is 3.71. The summed E-state index contributed by atoms with van der Waals surface area (Å²) in [6.07, 6.45) is 0. The fourth-order valence-corrected chi connectivity index (χ4v) is 2.97. The fraction of sp³-hybridized carbons (Fsp3) is 0.222. The number of benzene rings is 2. The van der Waals surface area contributed by atoms with Gasteiger partial charge in [-0.25, -0.2) is 4.98 Å². The van der Waals surface area contributed by atoms with Gasteiger partial charge in [-0.15, -0.1) is 0 Å². The second-order valence-electron chi connectivity index (χ2n) is 5.69. The first-order chi connectivity index (χ1) is 10.5. The zero-order valence-corrected chi connectivity index (χ0v) is 13.9. The molecule has 2 N–H and O–H groups in total. The third-order valence-corrected chi connectivity index (χ3v) is 4.39. The molecule has 0 fully saturated rings. The zero-order valence-electron chi connectivity index (χ0n) is 13.1. The van der Waals surface area contributed by atoms with E-state index < -0.39 is 0 Å². The molecule has 0 aliphatic rings. The normalized spacial score (nSPS) is 11.0. The highest BCUT2D eigenvalue weighted by atomic mass is 32.1. The summed E-state index contributed by atoms with van der Waals surface area (Å²) in [5.74, 6) is 0.998. The van der Waals surface area contributed by atoms with Crippen LogP contribution in [0.15, 0.2) is 36.4 Å². The molecule has 3 nitrogen and oxygen atoms in total. The van der Waals surface area contributed by atoms with Crippen molar-refractivity contribution in [3.63, 3.8) is 0 Å². The van der Waals surface area contributed by atoms with Gasteiger partial charge in [0.25, 0.3) is 0 Å². The molecule has 0 radical (unpaired) electrons. The lowest BCUT2D eigenvalue weighted by atomic mass is 10.1. The molecule has 2 aromatic carbocycles. The first kappa shape index (κ1) is 14.7. The van der Waals surface area contributed by atoms with E-state index in [-0.39, 0.29) is 0 Å². The molecule has 0 amide bonds. The predicted molar refractivity (Wildman–Crippen MR) is 95.4 cm³/mol. The minimum Gasteiger partial charge on any atom is -0.389 e. The lowest BCUT2D eigenvalue weighted by molar-refractivity contribution is 0.784. The van der Waals surface area contributed by atoms with Crippen LogP contribution in [0.5, 0.6) is 0 Å². The zero-order chi connectivity index (χ0) is 15.9. The van der Waals surface area contributed by atoms with Gasteiger partial charge in [-0.05, 0) is 49.6 Å². The first-order valence-electron chi connectivity index (χ1n) is 7.29. The smallest absolute Gasteiger partial charge is 0.107 e. The van der Waals surface area contributed by atoms with Gasteiger partial charge < -0.3 is 10.3 Å². The van der Waals surface area contributed by atoms with Crippen molar-refractivity contribution >= 4 is 28.2 Å². The Morgan fingerprint density at radius 2 is 1.82 bits per heavy atom. The number of imidazole rings is 1. The molecule has 4 heteroatoms. The molecule has 0 unspecified atom stereocenters. The van der Waals surface area contributed by atoms with Gasteiger partial charge in [0, 0.05) is 5.56 Å². The summed E-state index contributed by atoms with van der Waals surface area (Å²) in [6.45, 7) is 7.00. The summed E-state index contributed by atoms with van der Waals surface area (Å²) >= 11 is 5.16. The van der Waals surface area contributed by atoms with Crippen LogP contribution in [0.2, 0.25) is 0 Å². The van der Waals surface area contributed by atoms with Crippen LogP contribution in [0.25, 0.3) is 11.0 Å². The largest absolute Gasteiger partial charge is 0.389 e. The third-order valence-electron chi connectivity index (χ3n) is 4.17. The maximum absolute atomic E-state index is 5.84. The molecule has 0 saturated carbocycles. The fourth-order valence-electron chi connectivity index (χ4n) is 2.77. The molecule has 1 aromatic heterocycles. The van der Waals surface area contributed by atoms with Crippen LogP contribution in [0.4, 0.5) is 0 Å². The molecule has 0 spiro atoms. The van der Waals surface area contributed by atoms with Gasteiger partial charge in [0.15, 0.2) is 0 Å². The number of rotatable bonds is 3. The van der Waals surface area contributed by atoms with E-state index in [1.807, 2.05) is 25.1 Å². The number of aromatic nitrogens is 2. The summed E-state index contributed by atoms with van der Waals surface area (Å²) < 4.78 is 2.22. The highest BCUT2D eigenvalue weighted by molar-refractivity contribution is 7.80. The van der Waals surface area contributed by atoms with Gasteiger partial charge in [-0.2, -0.15) is 0 Å². The lowest BCUT2D eigenvalue weighted by Gasteiger charge is -2.12. The Labute approximate surface area is 135 Å². The molecule has 0 saturated heterocycles. The molecule has 0 aliphatic carbocycles. The van der Waals surface area contributed by atoms with Gasteiger partial charge >= 0.3 is 0 Å². The van der Waals surface area contributed by atoms with E-state index in [1.54, 1.807) is 0 Å². The summed E-state index contributed by atoms with van der Waals surface area (Å²) in [5.41, 5.74) is 12.6. The standard InChI is InChI=1S/C18H19N3S/c1-11-8-16-17(9-12(11)2)21(13(3)20-16)10-14-6-4-5-7-15(14)18(19)22/h4-9H,10H2,1-3H3,(H2,19,22). The number of nitrogens with two attached hydrogens (primary N) is 1. The molecule has 0 aliphatic heterocycles. The molecular weight excluding hydrogens is 290 g/mol. The van der Waals surface area contributed by atoms with Crippen molar-refractivity contribution in [2.24, 2.45) is 5.73 Å². The van der Waals surface area contributed by atoms with Gasteiger partial charge in [0.05, 0.1) is 17.6 Å². The predicted octanol–water partition coefficient (Wildman–Crippen LogP) is 3.64. The Morgan fingerprint density at radius 3 is 2.55 bits per heavy atom. The summed E-state index contributed by atoms with van der Waals surface area (Å²) in [4.78, 5) is 5.12. The maximum atomic E-state index is 5.84. The average molecular weight is 309 g/mol. The lowest BCUT2D eigenvalue weighted by Crippen LogP contribution is -2.14. The number of thiocarbonyl (C=S) groups is 1. The van der Waals surface area contributed by atoms with Crippen LogP contribution in [0, 0.1) is 20.8 Å². The average Bonchev–Trinajstić information content (AvgIpc) is 2.76. The van der Waals surface area contributed by atoms with E-state index in [0.717, 1.165) is 34.5 Å². The van der Waals surface area contributed by atoms with Crippen molar-refractivity contribution in [3.05, 3.63) is 64.5 Å². The van der Waals surface area contributed by atoms with Crippen LogP contribution >= 0.6 is 12.2 Å². The monoisotopic (exact) mass is 309 g/mol. The number of aryl methyl sites for hydroxylation is 3. The molecule has 3 aromatic rings. The second kappa shape index (κ2) is 5.54. The van der Waals surface area contributed by atoms with Gasteiger partial charge in [0.2, 0.25) is 0 Å². The number of nitrogens with zero attached hydrogens (tertiary/aromatic N) is 2. The highest BCUT2D eigenvalue weighted by Crippen LogP contribution is 2.22. The minimum atomic E-state index is 0.435.